The first-order valence-electron chi connectivity index (χ1n) is 6.12. The van der Waals surface area contributed by atoms with Crippen molar-refractivity contribution in [1.82, 2.24) is 0 Å². The second kappa shape index (κ2) is 4.40. The molecule has 0 bridgehead atoms. The van der Waals surface area contributed by atoms with Crippen molar-refractivity contribution in [2.75, 3.05) is 7.11 Å². The largest absolute Gasteiger partial charge is 0.496 e. The molecule has 1 heteroatoms. The van der Waals surface area contributed by atoms with Crippen LogP contribution in [0, 0.1) is 13.8 Å². The number of hydrogen-bond donors (Lipinski definition) is 0. The molecule has 90 valence electrons. The summed E-state index contributed by atoms with van der Waals surface area (Å²) in [5, 5.41) is 0. The highest BCUT2D eigenvalue weighted by Crippen LogP contribution is 2.40. The Morgan fingerprint density at radius 1 is 1.00 bits per heavy atom. The van der Waals surface area contributed by atoms with Gasteiger partial charge in [0, 0.05) is 5.56 Å². The number of methoxy groups -OCH3 is 1. The number of ether oxygens (including phenoxy) is 1. The molecule has 0 heterocycles. The van der Waals surface area contributed by atoms with Crippen LogP contribution in [0.2, 0.25) is 0 Å². The van der Waals surface area contributed by atoms with E-state index < -0.39 is 0 Å². The van der Waals surface area contributed by atoms with Crippen LogP contribution in [-0.2, 0) is 0 Å². The van der Waals surface area contributed by atoms with Crippen molar-refractivity contribution >= 4 is 0 Å². The van der Waals surface area contributed by atoms with Crippen LogP contribution in [0.3, 0.4) is 0 Å². The van der Waals surface area contributed by atoms with Crippen molar-refractivity contribution in [2.45, 2.75) is 33.6 Å². The molecule has 0 unspecified atom stereocenters. The fraction of sp³-hybridized carbons (Fsp3) is 0.375. The van der Waals surface area contributed by atoms with Gasteiger partial charge in [-0.3, -0.25) is 0 Å². The smallest absolute Gasteiger partial charge is 0.127 e. The fourth-order valence-corrected chi connectivity index (χ4v) is 2.31. The zero-order chi connectivity index (χ0) is 12.6. The van der Waals surface area contributed by atoms with Crippen molar-refractivity contribution in [3.05, 3.63) is 41.0 Å². The SMILES string of the molecule is COc1cc(C)c2cc(C(C)C)ccc(C)c1-2. The first-order chi connectivity index (χ1) is 8.04. The Hall–Kier alpha value is -1.50. The molecule has 0 aromatic rings. The van der Waals surface area contributed by atoms with Gasteiger partial charge >= 0.3 is 0 Å². The van der Waals surface area contributed by atoms with E-state index in [1.807, 2.05) is 0 Å². The van der Waals surface area contributed by atoms with Crippen LogP contribution in [0.5, 0.6) is 5.75 Å². The predicted octanol–water partition coefficient (Wildman–Crippen LogP) is 4.54. The lowest BCUT2D eigenvalue weighted by Gasteiger charge is -2.04. The summed E-state index contributed by atoms with van der Waals surface area (Å²) in [7, 11) is 1.74. The summed E-state index contributed by atoms with van der Waals surface area (Å²) in [5.74, 6) is 1.53. The van der Waals surface area contributed by atoms with Gasteiger partial charge in [0.1, 0.15) is 5.75 Å². The standard InChI is InChI=1S/C16H20O/c1-10(2)13-7-6-11(3)16-14(9-13)12(4)8-15(16)17-5/h6-10H,1-5H3. The molecule has 0 N–H and O–H groups in total. The molecule has 0 atom stereocenters. The minimum atomic E-state index is 0.547. The van der Waals surface area contributed by atoms with Gasteiger partial charge in [-0.2, -0.15) is 0 Å². The molecular weight excluding hydrogens is 208 g/mol. The van der Waals surface area contributed by atoms with E-state index in [0.29, 0.717) is 5.92 Å². The Labute approximate surface area is 104 Å². The van der Waals surface area contributed by atoms with Gasteiger partial charge in [0.15, 0.2) is 0 Å². The summed E-state index contributed by atoms with van der Waals surface area (Å²) in [4.78, 5) is 0. The molecule has 2 rings (SSSR count). The van der Waals surface area contributed by atoms with E-state index in [1.165, 1.54) is 27.8 Å². The molecule has 0 fully saturated rings. The maximum absolute atomic E-state index is 5.47. The average molecular weight is 228 g/mol. The summed E-state index contributed by atoms with van der Waals surface area (Å²) in [5.41, 5.74) is 6.50. The second-order valence-corrected chi connectivity index (χ2v) is 5.00. The zero-order valence-corrected chi connectivity index (χ0v) is 11.3. The van der Waals surface area contributed by atoms with Crippen molar-refractivity contribution in [1.29, 1.82) is 0 Å². The first-order valence-corrected chi connectivity index (χ1v) is 6.12. The lowest BCUT2D eigenvalue weighted by Crippen LogP contribution is -1.84. The van der Waals surface area contributed by atoms with Crippen LogP contribution in [0.25, 0.3) is 11.1 Å². The van der Waals surface area contributed by atoms with E-state index in [-0.39, 0.29) is 0 Å². The van der Waals surface area contributed by atoms with Gasteiger partial charge in [-0.05, 0) is 48.1 Å². The maximum atomic E-state index is 5.47. The lowest BCUT2D eigenvalue weighted by molar-refractivity contribution is 0.417. The molecule has 2 aliphatic rings. The Bertz CT molecular complexity index is 512. The van der Waals surface area contributed by atoms with Gasteiger partial charge in [0.05, 0.1) is 7.11 Å². The average Bonchev–Trinajstić information content (AvgIpc) is 2.48. The van der Waals surface area contributed by atoms with E-state index in [0.717, 1.165) is 5.75 Å². The van der Waals surface area contributed by atoms with Gasteiger partial charge in [-0.1, -0.05) is 32.0 Å². The molecule has 2 aliphatic carbocycles. The van der Waals surface area contributed by atoms with Crippen molar-refractivity contribution in [3.8, 4) is 16.9 Å². The molecule has 17 heavy (non-hydrogen) atoms. The number of rotatable bonds is 2. The monoisotopic (exact) mass is 228 g/mol. The summed E-state index contributed by atoms with van der Waals surface area (Å²) in [6.07, 6.45) is 0. The second-order valence-electron chi connectivity index (χ2n) is 5.00. The molecule has 0 aliphatic heterocycles. The summed E-state index contributed by atoms with van der Waals surface area (Å²) < 4.78 is 5.47. The highest BCUT2D eigenvalue weighted by molar-refractivity contribution is 5.80. The van der Waals surface area contributed by atoms with Gasteiger partial charge in [-0.15, -0.1) is 0 Å². The zero-order valence-electron chi connectivity index (χ0n) is 11.3. The van der Waals surface area contributed by atoms with E-state index in [2.05, 4.69) is 52.0 Å². The first kappa shape index (κ1) is 12.0. The quantitative estimate of drug-likeness (QED) is 0.733. The van der Waals surface area contributed by atoms with E-state index >= 15 is 0 Å². The lowest BCUT2D eigenvalue weighted by atomic mass is 10.0. The highest BCUT2D eigenvalue weighted by atomic mass is 16.5. The minimum Gasteiger partial charge on any atom is -0.496 e. The van der Waals surface area contributed by atoms with Gasteiger partial charge in [0.25, 0.3) is 0 Å². The molecule has 0 radical (unpaired) electrons. The molecular formula is C16H20O. The molecule has 0 aromatic carbocycles. The molecule has 0 amide bonds. The van der Waals surface area contributed by atoms with Crippen LogP contribution in [0.1, 0.15) is 36.5 Å². The molecule has 0 aromatic heterocycles. The summed E-state index contributed by atoms with van der Waals surface area (Å²) >= 11 is 0. The van der Waals surface area contributed by atoms with Crippen LogP contribution < -0.4 is 4.74 Å². The molecule has 1 nitrogen and oxygen atoms in total. The van der Waals surface area contributed by atoms with Gasteiger partial charge in [-0.25, -0.2) is 0 Å². The van der Waals surface area contributed by atoms with E-state index in [9.17, 15) is 0 Å². The van der Waals surface area contributed by atoms with Crippen molar-refractivity contribution in [3.63, 3.8) is 0 Å². The minimum absolute atomic E-state index is 0.547. The van der Waals surface area contributed by atoms with E-state index in [4.69, 9.17) is 4.74 Å². The third kappa shape index (κ3) is 2.02. The maximum Gasteiger partial charge on any atom is 0.127 e. The Kier molecular flexibility index (Phi) is 3.10. The summed E-state index contributed by atoms with van der Waals surface area (Å²) in [6.45, 7) is 8.75. The third-order valence-corrected chi connectivity index (χ3v) is 3.41. The normalized spacial score (nSPS) is 11.2. The number of hydrogen-bond acceptors (Lipinski definition) is 1. The molecule has 0 spiro atoms. The van der Waals surface area contributed by atoms with Crippen LogP contribution in [0.4, 0.5) is 0 Å². The summed E-state index contributed by atoms with van der Waals surface area (Å²) in [6, 6.07) is 8.84. The predicted molar refractivity (Wildman–Crippen MR) is 73.2 cm³/mol. The van der Waals surface area contributed by atoms with Crippen LogP contribution >= 0.6 is 0 Å². The molecule has 0 saturated carbocycles. The number of aryl methyl sites for hydroxylation is 2. The topological polar surface area (TPSA) is 9.23 Å². The van der Waals surface area contributed by atoms with Crippen molar-refractivity contribution in [2.24, 2.45) is 0 Å². The molecule has 0 saturated heterocycles. The fourth-order valence-electron chi connectivity index (χ4n) is 2.31. The van der Waals surface area contributed by atoms with Gasteiger partial charge in [0.2, 0.25) is 0 Å². The highest BCUT2D eigenvalue weighted by Gasteiger charge is 2.16. The third-order valence-electron chi connectivity index (χ3n) is 3.41. The Balaban J connectivity index is 2.74. The Morgan fingerprint density at radius 2 is 1.71 bits per heavy atom. The van der Waals surface area contributed by atoms with Gasteiger partial charge < -0.3 is 4.74 Å². The number of fused-ring (bicyclic) bond motifs is 1. The Morgan fingerprint density at radius 3 is 2.29 bits per heavy atom. The van der Waals surface area contributed by atoms with E-state index in [1.54, 1.807) is 7.11 Å². The van der Waals surface area contributed by atoms with Crippen LogP contribution in [0.15, 0.2) is 24.3 Å². The van der Waals surface area contributed by atoms with Crippen molar-refractivity contribution < 1.29 is 4.74 Å². The van der Waals surface area contributed by atoms with Crippen LogP contribution in [-0.4, -0.2) is 7.11 Å².